The average molecular weight is 199 g/mol. The van der Waals surface area contributed by atoms with Gasteiger partial charge in [0.2, 0.25) is 0 Å². The highest BCUT2D eigenvalue weighted by Crippen LogP contribution is 2.22. The molecular formula is C9H11ClN2O. The highest BCUT2D eigenvalue weighted by Gasteiger charge is 2.17. The number of nitrogens with zero attached hydrogens (tertiary/aromatic N) is 1. The molecule has 1 N–H and O–H groups in total. The number of halogens is 1. The molecule has 0 amide bonds. The van der Waals surface area contributed by atoms with Crippen molar-refractivity contribution in [1.82, 2.24) is 10.3 Å². The third-order valence-corrected chi connectivity index (χ3v) is 2.44. The fourth-order valence-corrected chi connectivity index (χ4v) is 1.65. The van der Waals surface area contributed by atoms with Gasteiger partial charge >= 0.3 is 0 Å². The molecule has 0 unspecified atom stereocenters. The molecule has 70 valence electrons. The Bertz CT molecular complexity index is 287. The number of nitrogens with one attached hydrogen (secondary N) is 1. The summed E-state index contributed by atoms with van der Waals surface area (Å²) in [5.74, 6) is 0. The van der Waals surface area contributed by atoms with E-state index in [2.05, 4.69) is 10.3 Å². The molecule has 13 heavy (non-hydrogen) atoms. The molecule has 0 bridgehead atoms. The van der Waals surface area contributed by atoms with Crippen LogP contribution in [0.4, 0.5) is 0 Å². The van der Waals surface area contributed by atoms with Gasteiger partial charge in [0.25, 0.3) is 0 Å². The van der Waals surface area contributed by atoms with Crippen molar-refractivity contribution >= 4 is 11.6 Å². The molecule has 0 saturated carbocycles. The van der Waals surface area contributed by atoms with Gasteiger partial charge in [-0.25, -0.2) is 0 Å². The molecule has 2 rings (SSSR count). The quantitative estimate of drug-likeness (QED) is 0.741. The summed E-state index contributed by atoms with van der Waals surface area (Å²) in [6.07, 6.45) is 3.48. The van der Waals surface area contributed by atoms with Crippen molar-refractivity contribution < 1.29 is 4.74 Å². The molecule has 1 aromatic heterocycles. The standard InChI is InChI=1S/C9H11ClN2O/c10-8-1-2-11-5-7(8)9-6-13-4-3-12-9/h1-2,5,9,12H,3-4,6H2/t9-/m0/s1. The van der Waals surface area contributed by atoms with Crippen LogP contribution in [0.5, 0.6) is 0 Å². The van der Waals surface area contributed by atoms with E-state index in [1.165, 1.54) is 0 Å². The molecule has 0 radical (unpaired) electrons. The Labute approximate surface area is 82.1 Å². The first-order chi connectivity index (χ1) is 6.38. The van der Waals surface area contributed by atoms with Gasteiger partial charge in [0.05, 0.1) is 19.3 Å². The zero-order valence-electron chi connectivity index (χ0n) is 7.16. The van der Waals surface area contributed by atoms with E-state index >= 15 is 0 Å². The second-order valence-electron chi connectivity index (χ2n) is 2.98. The van der Waals surface area contributed by atoms with Gasteiger partial charge in [-0.1, -0.05) is 11.6 Å². The van der Waals surface area contributed by atoms with Crippen molar-refractivity contribution in [2.75, 3.05) is 19.8 Å². The molecule has 1 aliphatic rings. The molecule has 2 heterocycles. The first-order valence-corrected chi connectivity index (χ1v) is 4.66. The van der Waals surface area contributed by atoms with Crippen LogP contribution in [0.25, 0.3) is 0 Å². The van der Waals surface area contributed by atoms with Crippen LogP contribution in [0.2, 0.25) is 5.02 Å². The van der Waals surface area contributed by atoms with Crippen molar-refractivity contribution in [3.63, 3.8) is 0 Å². The van der Waals surface area contributed by atoms with E-state index in [1.54, 1.807) is 18.5 Å². The minimum Gasteiger partial charge on any atom is -0.378 e. The van der Waals surface area contributed by atoms with E-state index in [0.717, 1.165) is 23.7 Å². The minimum atomic E-state index is 0.190. The first kappa shape index (κ1) is 8.94. The van der Waals surface area contributed by atoms with Crippen LogP contribution >= 0.6 is 11.6 Å². The van der Waals surface area contributed by atoms with Gasteiger partial charge < -0.3 is 10.1 Å². The predicted molar refractivity (Wildman–Crippen MR) is 50.8 cm³/mol. The van der Waals surface area contributed by atoms with E-state index in [1.807, 2.05) is 0 Å². The van der Waals surface area contributed by atoms with Crippen molar-refractivity contribution in [3.8, 4) is 0 Å². The maximum atomic E-state index is 6.02. The van der Waals surface area contributed by atoms with Gasteiger partial charge in [0.15, 0.2) is 0 Å². The largest absolute Gasteiger partial charge is 0.378 e. The van der Waals surface area contributed by atoms with E-state index < -0.39 is 0 Å². The molecule has 1 aromatic rings. The minimum absolute atomic E-state index is 0.190. The maximum absolute atomic E-state index is 6.02. The Hall–Kier alpha value is -0.640. The molecule has 3 nitrogen and oxygen atoms in total. The number of aromatic nitrogens is 1. The Morgan fingerprint density at radius 1 is 1.62 bits per heavy atom. The van der Waals surface area contributed by atoms with Crippen molar-refractivity contribution in [2.45, 2.75) is 6.04 Å². The maximum Gasteiger partial charge on any atom is 0.0663 e. The number of rotatable bonds is 1. The molecule has 1 atom stereocenters. The van der Waals surface area contributed by atoms with Gasteiger partial charge in [-0.05, 0) is 6.07 Å². The van der Waals surface area contributed by atoms with Gasteiger partial charge in [0, 0.05) is 29.5 Å². The molecule has 0 aliphatic carbocycles. The SMILES string of the molecule is Clc1ccncc1[C@@H]1COCCN1. The average Bonchev–Trinajstić information content (AvgIpc) is 2.20. The van der Waals surface area contributed by atoms with E-state index in [4.69, 9.17) is 16.3 Å². The Morgan fingerprint density at radius 2 is 2.54 bits per heavy atom. The number of morpholine rings is 1. The third-order valence-electron chi connectivity index (χ3n) is 2.09. The summed E-state index contributed by atoms with van der Waals surface area (Å²) in [5.41, 5.74) is 1.02. The lowest BCUT2D eigenvalue weighted by Gasteiger charge is -2.24. The second kappa shape index (κ2) is 4.05. The summed E-state index contributed by atoms with van der Waals surface area (Å²) in [4.78, 5) is 4.04. The summed E-state index contributed by atoms with van der Waals surface area (Å²) in [7, 11) is 0. The Balaban J connectivity index is 2.18. The Morgan fingerprint density at radius 3 is 3.23 bits per heavy atom. The molecule has 0 aromatic carbocycles. The van der Waals surface area contributed by atoms with Crippen LogP contribution in [-0.2, 0) is 4.74 Å². The summed E-state index contributed by atoms with van der Waals surface area (Å²) in [6, 6.07) is 1.99. The lowest BCUT2D eigenvalue weighted by Crippen LogP contribution is -2.34. The predicted octanol–water partition coefficient (Wildman–Crippen LogP) is 1.40. The molecule has 0 spiro atoms. The molecule has 4 heteroatoms. The highest BCUT2D eigenvalue weighted by molar-refractivity contribution is 6.31. The number of ether oxygens (including phenoxy) is 1. The smallest absolute Gasteiger partial charge is 0.0663 e. The van der Waals surface area contributed by atoms with Crippen LogP contribution in [0.15, 0.2) is 18.5 Å². The second-order valence-corrected chi connectivity index (χ2v) is 3.39. The van der Waals surface area contributed by atoms with Gasteiger partial charge in [-0.2, -0.15) is 0 Å². The van der Waals surface area contributed by atoms with Crippen molar-refractivity contribution in [2.24, 2.45) is 0 Å². The summed E-state index contributed by atoms with van der Waals surface area (Å²) < 4.78 is 5.34. The number of pyridine rings is 1. The van der Waals surface area contributed by atoms with Crippen LogP contribution in [-0.4, -0.2) is 24.7 Å². The molecule has 1 saturated heterocycles. The molecule has 1 aliphatic heterocycles. The van der Waals surface area contributed by atoms with Crippen molar-refractivity contribution in [3.05, 3.63) is 29.0 Å². The monoisotopic (exact) mass is 198 g/mol. The zero-order valence-corrected chi connectivity index (χ0v) is 7.92. The van der Waals surface area contributed by atoms with Crippen LogP contribution in [0, 0.1) is 0 Å². The number of hydrogen-bond acceptors (Lipinski definition) is 3. The fourth-order valence-electron chi connectivity index (χ4n) is 1.41. The van der Waals surface area contributed by atoms with Gasteiger partial charge in [-0.15, -0.1) is 0 Å². The molecular weight excluding hydrogens is 188 g/mol. The van der Waals surface area contributed by atoms with E-state index in [0.29, 0.717) is 6.61 Å². The van der Waals surface area contributed by atoms with Gasteiger partial charge in [0.1, 0.15) is 0 Å². The van der Waals surface area contributed by atoms with Crippen LogP contribution in [0.1, 0.15) is 11.6 Å². The lowest BCUT2D eigenvalue weighted by atomic mass is 10.1. The normalized spacial score (nSPS) is 23.0. The summed E-state index contributed by atoms with van der Waals surface area (Å²) in [6.45, 7) is 2.32. The van der Waals surface area contributed by atoms with Gasteiger partial charge in [-0.3, -0.25) is 4.98 Å². The number of hydrogen-bond donors (Lipinski definition) is 1. The fraction of sp³-hybridized carbons (Fsp3) is 0.444. The summed E-state index contributed by atoms with van der Waals surface area (Å²) in [5, 5.41) is 4.07. The van der Waals surface area contributed by atoms with Crippen LogP contribution < -0.4 is 5.32 Å². The highest BCUT2D eigenvalue weighted by atomic mass is 35.5. The third kappa shape index (κ3) is 1.99. The Kier molecular flexibility index (Phi) is 2.78. The summed E-state index contributed by atoms with van der Waals surface area (Å²) >= 11 is 6.02. The van der Waals surface area contributed by atoms with E-state index in [-0.39, 0.29) is 6.04 Å². The van der Waals surface area contributed by atoms with Crippen molar-refractivity contribution in [1.29, 1.82) is 0 Å². The van der Waals surface area contributed by atoms with E-state index in [9.17, 15) is 0 Å². The first-order valence-electron chi connectivity index (χ1n) is 4.28. The lowest BCUT2D eigenvalue weighted by molar-refractivity contribution is 0.0768. The van der Waals surface area contributed by atoms with Crippen LogP contribution in [0.3, 0.4) is 0 Å². The molecule has 1 fully saturated rings. The zero-order chi connectivity index (χ0) is 9.10. The topological polar surface area (TPSA) is 34.1 Å².